The van der Waals surface area contributed by atoms with Crippen LogP contribution in [0.25, 0.3) is 86.9 Å². The van der Waals surface area contributed by atoms with E-state index in [0.717, 1.165) is 0 Å². The highest BCUT2D eigenvalue weighted by molar-refractivity contribution is 6.48. The monoisotopic (exact) mass is 738 g/mol. The van der Waals surface area contributed by atoms with Crippen LogP contribution in [0.1, 0.15) is 33.4 Å². The number of pyridine rings is 2. The molecule has 2 aromatic heterocycles. The maximum absolute atomic E-state index is 16.4. The van der Waals surface area contributed by atoms with E-state index in [0.29, 0.717) is 0 Å². The highest BCUT2D eigenvalue weighted by atomic mass is 19.2. The maximum Gasteiger partial charge on any atom is 0.252 e. The number of aromatic nitrogens is 2. The average Bonchev–Trinajstić information content (AvgIpc) is 3.74. The van der Waals surface area contributed by atoms with Crippen molar-refractivity contribution in [3.63, 3.8) is 0 Å². The van der Waals surface area contributed by atoms with Crippen LogP contribution < -0.4 is 0 Å². The Labute approximate surface area is 308 Å². The second kappa shape index (κ2) is 11.5. The number of rotatable bonds is 2. The summed E-state index contributed by atoms with van der Waals surface area (Å²) in [6, 6.07) is 22.4. The van der Waals surface area contributed by atoms with Crippen molar-refractivity contribution >= 4 is 64.6 Å². The largest absolute Gasteiger partial charge is 0.252 e. The first kappa shape index (κ1) is 33.3. The maximum atomic E-state index is 16.4. The molecule has 8 nitrogen and oxygen atoms in total. The zero-order valence-corrected chi connectivity index (χ0v) is 27.5. The second-order valence-corrected chi connectivity index (χ2v) is 12.6. The third-order valence-corrected chi connectivity index (χ3v) is 10.2. The molecule has 0 spiro atoms. The van der Waals surface area contributed by atoms with E-state index >= 15 is 26.3 Å². The minimum absolute atomic E-state index is 0.124. The molecule has 0 bridgehead atoms. The van der Waals surface area contributed by atoms with E-state index in [4.69, 9.17) is 0 Å². The van der Waals surface area contributed by atoms with E-state index in [9.17, 15) is 31.6 Å². The van der Waals surface area contributed by atoms with Crippen molar-refractivity contribution in [1.29, 1.82) is 31.6 Å². The molecule has 0 amide bonds. The summed E-state index contributed by atoms with van der Waals surface area (Å²) in [5.74, 6) is -10.6. The first-order valence-electron chi connectivity index (χ1n) is 16.0. The molecule has 9 rings (SSSR count). The fraction of sp³-hybridized carbons (Fsp3) is 0. The number of hydrogen-bond donors (Lipinski definition) is 0. The van der Waals surface area contributed by atoms with Gasteiger partial charge >= 0.3 is 0 Å². The molecule has 0 aliphatic carbocycles. The van der Waals surface area contributed by atoms with E-state index in [1.165, 1.54) is 48.5 Å². The zero-order valence-electron chi connectivity index (χ0n) is 27.5. The molecule has 9 aromatic rings. The highest BCUT2D eigenvalue weighted by Gasteiger charge is 2.37. The van der Waals surface area contributed by atoms with Crippen LogP contribution >= 0.6 is 0 Å². The molecule has 56 heavy (non-hydrogen) atoms. The molecule has 14 heteroatoms. The van der Waals surface area contributed by atoms with Crippen molar-refractivity contribution < 1.29 is 26.3 Å². The van der Waals surface area contributed by atoms with Crippen LogP contribution in [0.2, 0.25) is 0 Å². The van der Waals surface area contributed by atoms with Crippen LogP contribution in [-0.2, 0) is 0 Å². The minimum atomic E-state index is -1.92. The summed E-state index contributed by atoms with van der Waals surface area (Å²) >= 11 is 0. The standard InChI is InChI=1S/C42H8F6N8/c43-37-29-21(13-53)25-23(17-5-1-15(9-49)2-6-17)19(11-51)27-31(25)34(35(29)39(45)55-41(37)47)28-20(12-52)24(18-7-3-16(10-50)4-8-18)26-22(14-54)30-36(33(27)32(26)28)40(46)56-42(48)38(30)44/h1-8H. The predicted molar refractivity (Wildman–Crippen MR) is 188 cm³/mol. The van der Waals surface area contributed by atoms with Gasteiger partial charge in [0.25, 0.3) is 11.9 Å². The molecule has 0 saturated carbocycles. The average molecular weight is 739 g/mol. The Bertz CT molecular complexity index is 3360. The van der Waals surface area contributed by atoms with Gasteiger partial charge in [0.15, 0.2) is 11.6 Å². The summed E-state index contributed by atoms with van der Waals surface area (Å²) in [6.07, 6.45) is 0. The molecule has 258 valence electrons. The Morgan fingerprint density at radius 1 is 0.321 bits per heavy atom. The van der Waals surface area contributed by atoms with E-state index in [1.807, 2.05) is 24.3 Å². The topological polar surface area (TPSA) is 169 Å². The lowest BCUT2D eigenvalue weighted by Gasteiger charge is -2.16. The Kier molecular flexibility index (Phi) is 6.82. The number of benzene rings is 5. The van der Waals surface area contributed by atoms with E-state index in [-0.39, 0.29) is 76.8 Å². The van der Waals surface area contributed by atoms with Gasteiger partial charge in [0.1, 0.15) is 24.3 Å². The predicted octanol–water partition coefficient (Wildman–Crippen LogP) is 9.67. The normalized spacial score (nSPS) is 11.3. The van der Waals surface area contributed by atoms with Crippen molar-refractivity contribution in [2.45, 2.75) is 0 Å². The molecular weight excluding hydrogens is 731 g/mol. The molecule has 0 atom stereocenters. The van der Waals surface area contributed by atoms with E-state index in [1.54, 1.807) is 12.1 Å². The third kappa shape index (κ3) is 3.91. The molecule has 7 aromatic carbocycles. The van der Waals surface area contributed by atoms with Crippen molar-refractivity contribution in [3.05, 3.63) is 117 Å². The molecule has 0 aliphatic rings. The van der Waals surface area contributed by atoms with Crippen molar-refractivity contribution in [3.8, 4) is 58.7 Å². The fourth-order valence-corrected chi connectivity index (χ4v) is 8.14. The van der Waals surface area contributed by atoms with Gasteiger partial charge in [0.05, 0.1) is 45.5 Å². The van der Waals surface area contributed by atoms with Crippen molar-refractivity contribution in [1.82, 2.24) is 9.97 Å². The molecule has 0 fully saturated rings. The van der Waals surface area contributed by atoms with Crippen LogP contribution in [-0.4, -0.2) is 9.97 Å². The molecule has 0 aliphatic heterocycles. The fourth-order valence-electron chi connectivity index (χ4n) is 8.14. The number of halogens is 6. The van der Waals surface area contributed by atoms with Crippen molar-refractivity contribution in [2.75, 3.05) is 0 Å². The first-order chi connectivity index (χ1) is 27.1. The minimum Gasteiger partial charge on any atom is -0.201 e. The van der Waals surface area contributed by atoms with Gasteiger partial charge < -0.3 is 0 Å². The highest BCUT2D eigenvalue weighted by Crippen LogP contribution is 2.58. The quantitative estimate of drug-likeness (QED) is 0.0731. The summed E-state index contributed by atoms with van der Waals surface area (Å²) in [5.41, 5.74) is -1.84. The van der Waals surface area contributed by atoms with Crippen LogP contribution in [0.4, 0.5) is 26.3 Å². The lowest BCUT2D eigenvalue weighted by atomic mass is 9.86. The third-order valence-electron chi connectivity index (χ3n) is 10.2. The smallest absolute Gasteiger partial charge is 0.201 e. The summed E-state index contributed by atoms with van der Waals surface area (Å²) < 4.78 is 95.2. The van der Waals surface area contributed by atoms with E-state index < -0.39 is 78.9 Å². The molecule has 0 saturated heterocycles. The van der Waals surface area contributed by atoms with Gasteiger partial charge in [-0.3, -0.25) is 0 Å². The molecular formula is C42H8F6N8. The number of nitrogens with zero attached hydrogens (tertiary/aromatic N) is 8. The molecule has 0 radical (unpaired) electrons. The lowest BCUT2D eigenvalue weighted by Crippen LogP contribution is -2.02. The van der Waals surface area contributed by atoms with Gasteiger partial charge in [-0.25, -0.2) is 8.78 Å². The number of fused-ring (bicyclic) bond motifs is 6. The van der Waals surface area contributed by atoms with Gasteiger partial charge in [-0.15, -0.1) is 0 Å². The van der Waals surface area contributed by atoms with Gasteiger partial charge in [-0.05, 0) is 35.4 Å². The Balaban J connectivity index is 1.78. The molecule has 0 N–H and O–H groups in total. The number of hydrogen-bond acceptors (Lipinski definition) is 8. The SMILES string of the molecule is N#Cc1ccc(-c2c(C#N)c3c4c2c(C#N)c2c(F)c(F)nc(F)c2c4c2c(C#N)c(-c4ccc(C#N)cc4)c4c(C#N)c5c(F)c(F)nc(F)c5c3c42)cc1. The molecule has 0 unspecified atom stereocenters. The Morgan fingerprint density at radius 3 is 0.946 bits per heavy atom. The number of nitriles is 6. The van der Waals surface area contributed by atoms with Gasteiger partial charge in [-0.2, -0.15) is 59.1 Å². The van der Waals surface area contributed by atoms with Crippen molar-refractivity contribution in [2.24, 2.45) is 0 Å². The summed E-state index contributed by atoms with van der Waals surface area (Å²) in [5, 5.41) is 56.3. The summed E-state index contributed by atoms with van der Waals surface area (Å²) in [6.45, 7) is 0. The van der Waals surface area contributed by atoms with Crippen LogP contribution in [0.5, 0.6) is 0 Å². The van der Waals surface area contributed by atoms with Gasteiger partial charge in [0.2, 0.25) is 11.9 Å². The molecule has 2 heterocycles. The van der Waals surface area contributed by atoms with E-state index in [2.05, 4.69) is 9.97 Å². The summed E-state index contributed by atoms with van der Waals surface area (Å²) in [7, 11) is 0. The summed E-state index contributed by atoms with van der Waals surface area (Å²) in [4.78, 5) is 6.22. The first-order valence-corrected chi connectivity index (χ1v) is 16.0. The van der Waals surface area contributed by atoms with Gasteiger partial charge in [0, 0.05) is 75.8 Å². The van der Waals surface area contributed by atoms with Gasteiger partial charge in [-0.1, -0.05) is 24.3 Å². The van der Waals surface area contributed by atoms with Crippen LogP contribution in [0.15, 0.2) is 48.5 Å². The van der Waals surface area contributed by atoms with Crippen LogP contribution in [0, 0.1) is 103 Å². The Morgan fingerprint density at radius 2 is 0.643 bits per heavy atom. The zero-order chi connectivity index (χ0) is 39.5. The second-order valence-electron chi connectivity index (χ2n) is 12.6. The lowest BCUT2D eigenvalue weighted by molar-refractivity contribution is 0.459. The Hall–Kier alpha value is -8.56. The van der Waals surface area contributed by atoms with Crippen LogP contribution in [0.3, 0.4) is 0 Å².